The Kier molecular flexibility index (Phi) is 5.02. The van der Waals surface area contributed by atoms with Crippen molar-refractivity contribution in [2.75, 3.05) is 32.8 Å². The Morgan fingerprint density at radius 2 is 1.94 bits per heavy atom. The van der Waals surface area contributed by atoms with Gasteiger partial charge in [-0.3, -0.25) is 4.90 Å². The molecule has 3 heteroatoms. The first kappa shape index (κ1) is 13.4. The minimum Gasteiger partial charge on any atom is -0.494 e. The molecule has 1 saturated heterocycles. The summed E-state index contributed by atoms with van der Waals surface area (Å²) in [6, 6.07) is 8.95. The van der Waals surface area contributed by atoms with E-state index in [1.807, 2.05) is 6.92 Å². The van der Waals surface area contributed by atoms with Gasteiger partial charge < -0.3 is 10.1 Å². The Balaban J connectivity index is 2.20. The van der Waals surface area contributed by atoms with Gasteiger partial charge in [-0.15, -0.1) is 0 Å². The van der Waals surface area contributed by atoms with Crippen LogP contribution >= 0.6 is 0 Å². The lowest BCUT2D eigenvalue weighted by molar-refractivity contribution is 0.165. The SMILES string of the molecule is CCOc1ccccc1[C@H](CC)N1CCNCC1. The van der Waals surface area contributed by atoms with Crippen molar-refractivity contribution in [2.24, 2.45) is 0 Å². The Morgan fingerprint density at radius 3 is 2.61 bits per heavy atom. The number of para-hydroxylation sites is 1. The van der Waals surface area contributed by atoms with Crippen molar-refractivity contribution in [3.05, 3.63) is 29.8 Å². The highest BCUT2D eigenvalue weighted by Crippen LogP contribution is 2.31. The molecule has 1 aliphatic rings. The van der Waals surface area contributed by atoms with Crippen molar-refractivity contribution in [1.82, 2.24) is 10.2 Å². The van der Waals surface area contributed by atoms with Gasteiger partial charge in [0.2, 0.25) is 0 Å². The molecule has 1 aromatic rings. The number of hydrogen-bond acceptors (Lipinski definition) is 3. The molecule has 1 heterocycles. The maximum absolute atomic E-state index is 5.77. The number of benzene rings is 1. The second-order valence-electron chi connectivity index (χ2n) is 4.68. The first-order valence-corrected chi connectivity index (χ1v) is 7.03. The third-order valence-electron chi connectivity index (χ3n) is 3.56. The van der Waals surface area contributed by atoms with Crippen LogP contribution in [0, 0.1) is 0 Å². The van der Waals surface area contributed by atoms with Gasteiger partial charge in [-0.05, 0) is 19.4 Å². The Labute approximate surface area is 110 Å². The van der Waals surface area contributed by atoms with E-state index in [0.717, 1.165) is 45.0 Å². The second kappa shape index (κ2) is 6.76. The molecule has 2 rings (SSSR count). The molecule has 1 aromatic carbocycles. The summed E-state index contributed by atoms with van der Waals surface area (Å²) in [6.07, 6.45) is 1.13. The Bertz CT molecular complexity index is 361. The van der Waals surface area contributed by atoms with E-state index in [2.05, 4.69) is 41.4 Å². The fraction of sp³-hybridized carbons (Fsp3) is 0.600. The minimum absolute atomic E-state index is 0.481. The van der Waals surface area contributed by atoms with Crippen LogP contribution in [0.1, 0.15) is 31.9 Å². The smallest absolute Gasteiger partial charge is 0.124 e. The van der Waals surface area contributed by atoms with Gasteiger partial charge in [-0.1, -0.05) is 25.1 Å². The molecule has 0 unspecified atom stereocenters. The maximum Gasteiger partial charge on any atom is 0.124 e. The fourth-order valence-corrected chi connectivity index (χ4v) is 2.71. The van der Waals surface area contributed by atoms with Gasteiger partial charge in [0.15, 0.2) is 0 Å². The lowest BCUT2D eigenvalue weighted by Crippen LogP contribution is -2.45. The van der Waals surface area contributed by atoms with E-state index in [1.54, 1.807) is 0 Å². The average molecular weight is 248 g/mol. The van der Waals surface area contributed by atoms with E-state index >= 15 is 0 Å². The van der Waals surface area contributed by atoms with Crippen molar-refractivity contribution in [3.63, 3.8) is 0 Å². The number of ether oxygens (including phenoxy) is 1. The third kappa shape index (κ3) is 3.03. The number of rotatable bonds is 5. The highest BCUT2D eigenvalue weighted by atomic mass is 16.5. The Hall–Kier alpha value is -1.06. The molecule has 3 nitrogen and oxygen atoms in total. The van der Waals surface area contributed by atoms with Crippen LogP contribution in [0.3, 0.4) is 0 Å². The van der Waals surface area contributed by atoms with Gasteiger partial charge >= 0.3 is 0 Å². The van der Waals surface area contributed by atoms with E-state index in [9.17, 15) is 0 Å². The zero-order valence-corrected chi connectivity index (χ0v) is 11.5. The van der Waals surface area contributed by atoms with Crippen LogP contribution in [0.4, 0.5) is 0 Å². The lowest BCUT2D eigenvalue weighted by atomic mass is 10.0. The van der Waals surface area contributed by atoms with Crippen LogP contribution in [-0.4, -0.2) is 37.7 Å². The molecular formula is C15H24N2O. The van der Waals surface area contributed by atoms with Crippen LogP contribution in [-0.2, 0) is 0 Å². The van der Waals surface area contributed by atoms with Crippen LogP contribution in [0.5, 0.6) is 5.75 Å². The molecule has 0 bridgehead atoms. The van der Waals surface area contributed by atoms with Gasteiger partial charge in [0, 0.05) is 37.8 Å². The first-order valence-electron chi connectivity index (χ1n) is 7.03. The molecular weight excluding hydrogens is 224 g/mol. The van der Waals surface area contributed by atoms with Crippen molar-refractivity contribution in [1.29, 1.82) is 0 Å². The first-order chi connectivity index (χ1) is 8.86. The minimum atomic E-state index is 0.481. The summed E-state index contributed by atoms with van der Waals surface area (Å²) >= 11 is 0. The molecule has 0 saturated carbocycles. The molecule has 1 atom stereocenters. The molecule has 1 N–H and O–H groups in total. The number of piperazine rings is 1. The summed E-state index contributed by atoms with van der Waals surface area (Å²) in [6.45, 7) is 9.46. The van der Waals surface area contributed by atoms with Crippen molar-refractivity contribution in [3.8, 4) is 5.75 Å². The Morgan fingerprint density at radius 1 is 1.22 bits per heavy atom. The number of hydrogen-bond donors (Lipinski definition) is 1. The van der Waals surface area contributed by atoms with Crippen molar-refractivity contribution < 1.29 is 4.74 Å². The molecule has 1 aliphatic heterocycles. The third-order valence-corrected chi connectivity index (χ3v) is 3.56. The lowest BCUT2D eigenvalue weighted by Gasteiger charge is -2.35. The fourth-order valence-electron chi connectivity index (χ4n) is 2.71. The van der Waals surface area contributed by atoms with Gasteiger partial charge in [0.05, 0.1) is 6.61 Å². The number of nitrogens with one attached hydrogen (secondary N) is 1. The van der Waals surface area contributed by atoms with E-state index in [4.69, 9.17) is 4.74 Å². The molecule has 0 radical (unpaired) electrons. The summed E-state index contributed by atoms with van der Waals surface area (Å²) in [5, 5.41) is 3.41. The van der Waals surface area contributed by atoms with Crippen molar-refractivity contribution >= 4 is 0 Å². The van der Waals surface area contributed by atoms with Gasteiger partial charge in [0.25, 0.3) is 0 Å². The van der Waals surface area contributed by atoms with Gasteiger partial charge in [-0.25, -0.2) is 0 Å². The normalized spacial score (nSPS) is 18.6. The molecule has 0 aromatic heterocycles. The molecule has 1 fully saturated rings. The molecule has 0 aliphatic carbocycles. The van der Waals surface area contributed by atoms with E-state index in [-0.39, 0.29) is 0 Å². The maximum atomic E-state index is 5.77. The van der Waals surface area contributed by atoms with Crippen LogP contribution in [0.2, 0.25) is 0 Å². The van der Waals surface area contributed by atoms with Crippen LogP contribution in [0.25, 0.3) is 0 Å². The van der Waals surface area contributed by atoms with E-state index < -0.39 is 0 Å². The van der Waals surface area contributed by atoms with Crippen molar-refractivity contribution in [2.45, 2.75) is 26.3 Å². The topological polar surface area (TPSA) is 24.5 Å². The van der Waals surface area contributed by atoms with Gasteiger partial charge in [0.1, 0.15) is 5.75 Å². The highest BCUT2D eigenvalue weighted by molar-refractivity contribution is 5.36. The highest BCUT2D eigenvalue weighted by Gasteiger charge is 2.22. The zero-order chi connectivity index (χ0) is 12.8. The second-order valence-corrected chi connectivity index (χ2v) is 4.68. The van der Waals surface area contributed by atoms with Gasteiger partial charge in [-0.2, -0.15) is 0 Å². The van der Waals surface area contributed by atoms with Crippen LogP contribution in [0.15, 0.2) is 24.3 Å². The molecule has 0 spiro atoms. The summed E-state index contributed by atoms with van der Waals surface area (Å²) in [5.74, 6) is 1.05. The van der Waals surface area contributed by atoms with E-state index in [0.29, 0.717) is 6.04 Å². The predicted molar refractivity (Wildman–Crippen MR) is 75.1 cm³/mol. The molecule has 100 valence electrons. The summed E-state index contributed by atoms with van der Waals surface area (Å²) in [7, 11) is 0. The summed E-state index contributed by atoms with van der Waals surface area (Å²) in [4.78, 5) is 2.56. The summed E-state index contributed by atoms with van der Waals surface area (Å²) in [5.41, 5.74) is 1.34. The summed E-state index contributed by atoms with van der Waals surface area (Å²) < 4.78 is 5.77. The average Bonchev–Trinajstić information content (AvgIpc) is 2.43. The molecule has 0 amide bonds. The number of nitrogens with zero attached hydrogens (tertiary/aromatic N) is 1. The monoisotopic (exact) mass is 248 g/mol. The standard InChI is InChI=1S/C15H24N2O/c1-3-14(17-11-9-16-10-12-17)13-7-5-6-8-15(13)18-4-2/h5-8,14,16H,3-4,9-12H2,1-2H3/t14-/m0/s1. The quantitative estimate of drug-likeness (QED) is 0.866. The zero-order valence-electron chi connectivity index (χ0n) is 11.5. The largest absolute Gasteiger partial charge is 0.494 e. The van der Waals surface area contributed by atoms with E-state index in [1.165, 1.54) is 5.56 Å². The predicted octanol–water partition coefficient (Wildman–Crippen LogP) is 2.44. The molecule has 18 heavy (non-hydrogen) atoms. The van der Waals surface area contributed by atoms with Crippen LogP contribution < -0.4 is 10.1 Å².